The first-order chi connectivity index (χ1) is 11.2. The molecule has 6 nitrogen and oxygen atoms in total. The second-order valence-corrected chi connectivity index (χ2v) is 11.1. The minimum atomic E-state index is -1.49. The number of ether oxygens (including phenoxy) is 2. The second kappa shape index (κ2) is 8.98. The Kier molecular flexibility index (Phi) is 7.33. The van der Waals surface area contributed by atoms with Gasteiger partial charge < -0.3 is 20.9 Å². The van der Waals surface area contributed by atoms with Crippen molar-refractivity contribution in [3.63, 3.8) is 0 Å². The zero-order chi connectivity index (χ0) is 18.2. The number of carbonyl (C=O) groups is 2. The van der Waals surface area contributed by atoms with Crippen molar-refractivity contribution in [2.45, 2.75) is 32.5 Å². The number of nitrogens with two attached hydrogens (primary N) is 2. The molecule has 0 heterocycles. The first-order valence-corrected chi connectivity index (χ1v) is 11.2. The number of hydrogen-bond acceptors (Lipinski definition) is 4. The number of carbonyl (C=O) groups excluding carboxylic acids is 2. The van der Waals surface area contributed by atoms with Gasteiger partial charge in [0, 0.05) is 18.4 Å². The molecule has 7 heteroatoms. The monoisotopic (exact) mass is 348 g/mol. The maximum atomic E-state index is 10.7. The summed E-state index contributed by atoms with van der Waals surface area (Å²) in [6.07, 6.45) is -0.510. The SMILES string of the molecule is C[Si](C)(C)C#Cc1cc(CCOC(N)=O)cc(CCOC(N)=O)c1. The van der Waals surface area contributed by atoms with Crippen molar-refractivity contribution in [2.75, 3.05) is 13.2 Å². The average Bonchev–Trinajstić information content (AvgIpc) is 2.43. The highest BCUT2D eigenvalue weighted by Crippen LogP contribution is 2.12. The van der Waals surface area contributed by atoms with E-state index in [1.165, 1.54) is 0 Å². The van der Waals surface area contributed by atoms with E-state index in [1.807, 2.05) is 18.2 Å². The molecule has 1 rings (SSSR count). The maximum absolute atomic E-state index is 10.7. The van der Waals surface area contributed by atoms with E-state index in [-0.39, 0.29) is 13.2 Å². The van der Waals surface area contributed by atoms with Crippen LogP contribution in [-0.4, -0.2) is 33.5 Å². The summed E-state index contributed by atoms with van der Waals surface area (Å²) in [5.74, 6) is 3.21. The van der Waals surface area contributed by atoms with Gasteiger partial charge in [0.25, 0.3) is 0 Å². The van der Waals surface area contributed by atoms with Gasteiger partial charge in [-0.2, -0.15) is 0 Å². The van der Waals surface area contributed by atoms with Crippen LogP contribution in [0.15, 0.2) is 18.2 Å². The van der Waals surface area contributed by atoms with Crippen molar-refractivity contribution in [3.05, 3.63) is 34.9 Å². The lowest BCUT2D eigenvalue weighted by Gasteiger charge is -2.09. The molecule has 0 aliphatic rings. The smallest absolute Gasteiger partial charge is 0.404 e. The van der Waals surface area contributed by atoms with Gasteiger partial charge in [0.05, 0.1) is 13.2 Å². The molecule has 0 spiro atoms. The van der Waals surface area contributed by atoms with Gasteiger partial charge in [-0.05, 0) is 23.3 Å². The lowest BCUT2D eigenvalue weighted by atomic mass is 10.0. The molecular weight excluding hydrogens is 324 g/mol. The highest BCUT2D eigenvalue weighted by molar-refractivity contribution is 6.83. The van der Waals surface area contributed by atoms with Gasteiger partial charge >= 0.3 is 12.2 Å². The van der Waals surface area contributed by atoms with E-state index < -0.39 is 20.3 Å². The van der Waals surface area contributed by atoms with E-state index in [1.54, 1.807) is 0 Å². The van der Waals surface area contributed by atoms with Gasteiger partial charge in [0.15, 0.2) is 0 Å². The maximum Gasteiger partial charge on any atom is 0.404 e. The topological polar surface area (TPSA) is 105 Å². The largest absolute Gasteiger partial charge is 0.449 e. The van der Waals surface area contributed by atoms with E-state index in [0.717, 1.165) is 16.7 Å². The van der Waals surface area contributed by atoms with Crippen molar-refractivity contribution in [3.8, 4) is 11.5 Å². The molecule has 2 amide bonds. The van der Waals surface area contributed by atoms with Crippen LogP contribution in [-0.2, 0) is 22.3 Å². The van der Waals surface area contributed by atoms with Crippen LogP contribution in [0, 0.1) is 11.5 Å². The van der Waals surface area contributed by atoms with Crippen LogP contribution in [0.25, 0.3) is 0 Å². The summed E-state index contributed by atoms with van der Waals surface area (Å²) < 4.78 is 9.55. The Morgan fingerprint density at radius 1 is 0.958 bits per heavy atom. The zero-order valence-corrected chi connectivity index (χ0v) is 15.3. The van der Waals surface area contributed by atoms with Gasteiger partial charge in [-0.1, -0.05) is 31.6 Å². The van der Waals surface area contributed by atoms with Gasteiger partial charge in [-0.25, -0.2) is 9.59 Å². The van der Waals surface area contributed by atoms with Gasteiger partial charge in [0.2, 0.25) is 0 Å². The van der Waals surface area contributed by atoms with E-state index in [0.29, 0.717) is 12.8 Å². The van der Waals surface area contributed by atoms with Crippen LogP contribution < -0.4 is 11.5 Å². The average molecular weight is 348 g/mol. The fourth-order valence-electron chi connectivity index (χ4n) is 1.92. The minimum Gasteiger partial charge on any atom is -0.449 e. The van der Waals surface area contributed by atoms with Gasteiger partial charge in [-0.15, -0.1) is 5.54 Å². The summed E-state index contributed by atoms with van der Waals surface area (Å²) in [7, 11) is -1.49. The molecular formula is C17H24N2O4Si. The molecule has 0 aromatic heterocycles. The normalized spacial score (nSPS) is 10.5. The van der Waals surface area contributed by atoms with E-state index >= 15 is 0 Å². The third-order valence-electron chi connectivity index (χ3n) is 2.90. The van der Waals surface area contributed by atoms with Crippen molar-refractivity contribution in [1.82, 2.24) is 0 Å². The molecule has 0 saturated carbocycles. The molecule has 4 N–H and O–H groups in total. The van der Waals surface area contributed by atoms with Crippen LogP contribution in [0.4, 0.5) is 9.59 Å². The number of hydrogen-bond donors (Lipinski definition) is 2. The molecule has 0 fully saturated rings. The summed E-state index contributed by atoms with van der Waals surface area (Å²) in [5, 5.41) is 0. The van der Waals surface area contributed by atoms with Crippen molar-refractivity contribution >= 4 is 20.3 Å². The molecule has 130 valence electrons. The molecule has 0 aliphatic carbocycles. The Morgan fingerprint density at radius 2 is 1.42 bits per heavy atom. The summed E-state index contributed by atoms with van der Waals surface area (Å²) in [6, 6.07) is 5.90. The third kappa shape index (κ3) is 8.85. The molecule has 24 heavy (non-hydrogen) atoms. The van der Waals surface area contributed by atoms with E-state index in [9.17, 15) is 9.59 Å². The predicted octanol–water partition coefficient (Wildman–Crippen LogP) is 2.19. The molecule has 0 unspecified atom stereocenters. The molecule has 0 aliphatic heterocycles. The van der Waals surface area contributed by atoms with Crippen molar-refractivity contribution < 1.29 is 19.1 Å². The molecule has 1 aromatic rings. The Balaban J connectivity index is 2.92. The van der Waals surface area contributed by atoms with E-state index in [2.05, 4.69) is 31.1 Å². The molecule has 0 saturated heterocycles. The van der Waals surface area contributed by atoms with E-state index in [4.69, 9.17) is 20.9 Å². The molecule has 0 radical (unpaired) electrons. The van der Waals surface area contributed by atoms with Crippen molar-refractivity contribution in [2.24, 2.45) is 11.5 Å². The zero-order valence-electron chi connectivity index (χ0n) is 14.3. The highest BCUT2D eigenvalue weighted by atomic mass is 28.3. The van der Waals surface area contributed by atoms with Gasteiger partial charge in [-0.3, -0.25) is 0 Å². The Labute approximate surface area is 143 Å². The van der Waals surface area contributed by atoms with Crippen LogP contribution in [0.5, 0.6) is 0 Å². The van der Waals surface area contributed by atoms with Gasteiger partial charge in [0.1, 0.15) is 8.07 Å². The summed E-state index contributed by atoms with van der Waals surface area (Å²) >= 11 is 0. The summed E-state index contributed by atoms with van der Waals surface area (Å²) in [6.45, 7) is 6.93. The fraction of sp³-hybridized carbons (Fsp3) is 0.412. The van der Waals surface area contributed by atoms with Crippen LogP contribution in [0.3, 0.4) is 0 Å². The highest BCUT2D eigenvalue weighted by Gasteiger charge is 2.08. The Bertz CT molecular complexity index is 619. The molecule has 1 aromatic carbocycles. The quantitative estimate of drug-likeness (QED) is 0.607. The summed E-state index contributed by atoms with van der Waals surface area (Å²) in [5.41, 5.74) is 16.1. The predicted molar refractivity (Wildman–Crippen MR) is 95.1 cm³/mol. The standard InChI is InChI=1S/C17H24N2O4Si/c1-24(2,3)9-6-15-11-13(4-7-22-16(18)20)10-14(12-15)5-8-23-17(19)21/h10-12H,4-5,7-8H2,1-3H3,(H2,18,20)(H2,19,21). The first-order valence-electron chi connectivity index (χ1n) is 7.66. The van der Waals surface area contributed by atoms with Crippen LogP contribution in [0.1, 0.15) is 16.7 Å². The number of rotatable bonds is 6. The summed E-state index contributed by atoms with van der Waals surface area (Å²) in [4.78, 5) is 21.3. The lowest BCUT2D eigenvalue weighted by Crippen LogP contribution is -2.16. The fourth-order valence-corrected chi connectivity index (χ4v) is 2.44. The number of benzene rings is 1. The minimum absolute atomic E-state index is 0.206. The number of primary amides is 2. The molecule has 0 atom stereocenters. The second-order valence-electron chi connectivity index (χ2n) is 6.37. The third-order valence-corrected chi connectivity index (χ3v) is 3.78. The number of amides is 2. The Hall–Kier alpha value is -2.46. The van der Waals surface area contributed by atoms with Crippen molar-refractivity contribution in [1.29, 1.82) is 0 Å². The van der Waals surface area contributed by atoms with Crippen LogP contribution >= 0.6 is 0 Å². The molecule has 0 bridgehead atoms. The first kappa shape index (κ1) is 19.6. The van der Waals surface area contributed by atoms with Crippen LogP contribution in [0.2, 0.25) is 19.6 Å². The lowest BCUT2D eigenvalue weighted by molar-refractivity contribution is 0.157. The Morgan fingerprint density at radius 3 is 1.79 bits per heavy atom.